The smallest absolute Gasteiger partial charge is 0.330 e. The first-order valence-electron chi connectivity index (χ1n) is 9.00. The lowest BCUT2D eigenvalue weighted by molar-refractivity contribution is 0.0982. The zero-order valence-corrected chi connectivity index (χ0v) is 16.5. The molecule has 1 amide bonds. The van der Waals surface area contributed by atoms with E-state index < -0.39 is 17.2 Å². The second kappa shape index (κ2) is 8.78. The van der Waals surface area contributed by atoms with E-state index in [1.54, 1.807) is 12.1 Å². The summed E-state index contributed by atoms with van der Waals surface area (Å²) < 4.78 is 6.59. The van der Waals surface area contributed by atoms with E-state index in [9.17, 15) is 14.4 Å². The maximum Gasteiger partial charge on any atom is 0.330 e. The molecule has 0 unspecified atom stereocenters. The quantitative estimate of drug-likeness (QED) is 0.568. The van der Waals surface area contributed by atoms with Gasteiger partial charge in [0.05, 0.1) is 12.8 Å². The number of H-pyrrole nitrogens is 1. The van der Waals surface area contributed by atoms with Crippen LogP contribution in [0.1, 0.15) is 35.9 Å². The minimum atomic E-state index is -0.764. The lowest BCUT2D eigenvalue weighted by Crippen LogP contribution is -2.41. The summed E-state index contributed by atoms with van der Waals surface area (Å²) in [5.74, 6) is -0.195. The number of aromatic amines is 1. The maximum absolute atomic E-state index is 13.2. The SMILES string of the molecule is CCCCn1c(N)c(N(Cc2ccco2)C(=O)c2ccnc(Cl)c2)c(=O)[nH]c1=O. The van der Waals surface area contributed by atoms with Gasteiger partial charge in [0.25, 0.3) is 11.5 Å². The number of rotatable bonds is 7. The second-order valence-corrected chi connectivity index (χ2v) is 6.72. The summed E-state index contributed by atoms with van der Waals surface area (Å²) in [5, 5.41) is 0.128. The van der Waals surface area contributed by atoms with Crippen LogP contribution in [-0.4, -0.2) is 20.4 Å². The molecule has 0 aliphatic heterocycles. The van der Waals surface area contributed by atoms with Gasteiger partial charge >= 0.3 is 5.69 Å². The third-order valence-corrected chi connectivity index (χ3v) is 4.54. The van der Waals surface area contributed by atoms with Gasteiger partial charge in [-0.1, -0.05) is 24.9 Å². The van der Waals surface area contributed by atoms with Gasteiger partial charge in [0.2, 0.25) is 0 Å². The molecule has 0 fully saturated rings. The molecule has 152 valence electrons. The Kier molecular flexibility index (Phi) is 6.18. The van der Waals surface area contributed by atoms with Crippen LogP contribution >= 0.6 is 11.6 Å². The summed E-state index contributed by atoms with van der Waals surface area (Å²) in [4.78, 5) is 45.4. The minimum absolute atomic E-state index is 0.0644. The molecule has 0 aliphatic rings. The van der Waals surface area contributed by atoms with Crippen molar-refractivity contribution in [2.24, 2.45) is 0 Å². The molecule has 29 heavy (non-hydrogen) atoms. The average molecular weight is 418 g/mol. The number of nitrogens with one attached hydrogen (secondary N) is 1. The highest BCUT2D eigenvalue weighted by Gasteiger charge is 2.26. The number of pyridine rings is 1. The van der Waals surface area contributed by atoms with Gasteiger partial charge in [-0.2, -0.15) is 0 Å². The van der Waals surface area contributed by atoms with Gasteiger partial charge in [0.1, 0.15) is 16.7 Å². The Morgan fingerprint density at radius 1 is 1.38 bits per heavy atom. The number of nitrogens with two attached hydrogens (primary N) is 1. The van der Waals surface area contributed by atoms with Gasteiger partial charge in [-0.25, -0.2) is 9.78 Å². The highest BCUT2D eigenvalue weighted by atomic mass is 35.5. The summed E-state index contributed by atoms with van der Waals surface area (Å²) >= 11 is 5.91. The predicted octanol–water partition coefficient (Wildman–Crippen LogP) is 2.41. The number of hydrogen-bond acceptors (Lipinski definition) is 6. The lowest BCUT2D eigenvalue weighted by Gasteiger charge is -2.24. The van der Waals surface area contributed by atoms with Crippen LogP contribution in [0.2, 0.25) is 5.15 Å². The van der Waals surface area contributed by atoms with Gasteiger partial charge in [0, 0.05) is 18.3 Å². The molecule has 3 heterocycles. The van der Waals surface area contributed by atoms with Gasteiger partial charge in [-0.05, 0) is 30.7 Å². The van der Waals surface area contributed by atoms with Gasteiger partial charge in [-0.15, -0.1) is 0 Å². The molecule has 3 aromatic rings. The number of carbonyl (C=O) groups is 1. The van der Waals surface area contributed by atoms with Gasteiger partial charge < -0.3 is 10.2 Å². The normalized spacial score (nSPS) is 10.8. The zero-order valence-electron chi connectivity index (χ0n) is 15.7. The molecular weight excluding hydrogens is 398 g/mol. The molecule has 0 aromatic carbocycles. The molecule has 3 aromatic heterocycles. The van der Waals surface area contributed by atoms with Crippen LogP contribution in [0.4, 0.5) is 11.5 Å². The summed E-state index contributed by atoms with van der Waals surface area (Å²) in [7, 11) is 0. The fraction of sp³-hybridized carbons (Fsp3) is 0.263. The number of unbranched alkanes of at least 4 members (excludes halogenated alkanes) is 1. The van der Waals surface area contributed by atoms with Crippen LogP contribution < -0.4 is 21.9 Å². The maximum atomic E-state index is 13.2. The summed E-state index contributed by atoms with van der Waals surface area (Å²) in [6.07, 6.45) is 4.35. The molecule has 3 rings (SSSR count). The molecule has 0 spiro atoms. The van der Waals surface area contributed by atoms with Crippen molar-refractivity contribution in [2.75, 3.05) is 10.6 Å². The Labute approximate surface area is 170 Å². The zero-order chi connectivity index (χ0) is 21.0. The second-order valence-electron chi connectivity index (χ2n) is 6.34. The number of amides is 1. The standard InChI is InChI=1S/C19H20ClN5O4/c1-2-3-8-24-16(21)15(17(26)23-19(24)28)25(11-13-5-4-9-29-13)18(27)12-6-7-22-14(20)10-12/h4-7,9-10H,2-3,8,11,21H2,1H3,(H,23,26,28). The Bertz CT molecular complexity index is 1120. The highest BCUT2D eigenvalue weighted by Crippen LogP contribution is 2.23. The predicted molar refractivity (Wildman–Crippen MR) is 109 cm³/mol. The monoisotopic (exact) mass is 417 g/mol. The fourth-order valence-corrected chi connectivity index (χ4v) is 3.05. The van der Waals surface area contributed by atoms with Crippen LogP contribution in [0.15, 0.2) is 50.7 Å². The van der Waals surface area contributed by atoms with Gasteiger partial charge in [0.15, 0.2) is 5.69 Å². The Morgan fingerprint density at radius 3 is 2.83 bits per heavy atom. The third-order valence-electron chi connectivity index (χ3n) is 4.33. The minimum Gasteiger partial charge on any atom is -0.467 e. The van der Waals surface area contributed by atoms with Crippen LogP contribution in [0.25, 0.3) is 0 Å². The van der Waals surface area contributed by atoms with Crippen molar-refractivity contribution in [3.05, 3.63) is 74.0 Å². The molecular formula is C19H20ClN5O4. The van der Waals surface area contributed by atoms with Crippen LogP contribution in [0.3, 0.4) is 0 Å². The summed E-state index contributed by atoms with van der Waals surface area (Å²) in [6.45, 7) is 2.22. The van der Waals surface area contributed by atoms with E-state index in [0.29, 0.717) is 18.7 Å². The molecule has 9 nitrogen and oxygen atoms in total. The number of nitrogens with zero attached hydrogens (tertiary/aromatic N) is 3. The van der Waals surface area contributed by atoms with E-state index in [1.165, 1.54) is 34.1 Å². The number of carbonyl (C=O) groups excluding carboxylic acids is 1. The Morgan fingerprint density at radius 2 is 2.17 bits per heavy atom. The fourth-order valence-electron chi connectivity index (χ4n) is 2.88. The molecule has 0 bridgehead atoms. The molecule has 3 N–H and O–H groups in total. The molecule has 0 aliphatic carbocycles. The van der Waals surface area contributed by atoms with Crippen molar-refractivity contribution in [2.45, 2.75) is 32.9 Å². The van der Waals surface area contributed by atoms with Crippen molar-refractivity contribution in [1.82, 2.24) is 14.5 Å². The summed E-state index contributed by atoms with van der Waals surface area (Å²) in [5.41, 5.74) is 4.88. The van der Waals surface area contributed by atoms with E-state index in [2.05, 4.69) is 9.97 Å². The summed E-state index contributed by atoms with van der Waals surface area (Å²) in [6, 6.07) is 6.19. The van der Waals surface area contributed by atoms with E-state index in [-0.39, 0.29) is 28.8 Å². The Balaban J connectivity index is 2.15. The van der Waals surface area contributed by atoms with Gasteiger partial charge in [-0.3, -0.25) is 24.0 Å². The number of furan rings is 1. The molecule has 0 saturated heterocycles. The topological polar surface area (TPSA) is 127 Å². The molecule has 0 atom stereocenters. The molecule has 0 radical (unpaired) electrons. The van der Waals surface area contributed by atoms with Crippen LogP contribution in [0.5, 0.6) is 0 Å². The first-order chi connectivity index (χ1) is 13.9. The van der Waals surface area contributed by atoms with Crippen molar-refractivity contribution < 1.29 is 9.21 Å². The van der Waals surface area contributed by atoms with Crippen LogP contribution in [-0.2, 0) is 13.1 Å². The number of halogens is 1. The first kappa shape index (κ1) is 20.4. The number of aromatic nitrogens is 3. The van der Waals surface area contributed by atoms with E-state index in [1.807, 2.05) is 6.92 Å². The molecule has 0 saturated carbocycles. The average Bonchev–Trinajstić information content (AvgIpc) is 3.19. The first-order valence-corrected chi connectivity index (χ1v) is 9.38. The highest BCUT2D eigenvalue weighted by molar-refractivity contribution is 6.29. The third kappa shape index (κ3) is 4.40. The van der Waals surface area contributed by atoms with Crippen molar-refractivity contribution in [3.63, 3.8) is 0 Å². The van der Waals surface area contributed by atoms with E-state index in [4.69, 9.17) is 21.8 Å². The van der Waals surface area contributed by atoms with Crippen LogP contribution in [0, 0.1) is 0 Å². The van der Waals surface area contributed by atoms with Crippen molar-refractivity contribution in [1.29, 1.82) is 0 Å². The van der Waals surface area contributed by atoms with E-state index in [0.717, 1.165) is 6.42 Å². The number of hydrogen-bond donors (Lipinski definition) is 2. The molecule has 10 heteroatoms. The largest absolute Gasteiger partial charge is 0.467 e. The van der Waals surface area contributed by atoms with E-state index >= 15 is 0 Å². The number of anilines is 2. The number of nitrogen functional groups attached to an aromatic ring is 1. The Hall–Kier alpha value is -3.33. The van der Waals surface area contributed by atoms with Crippen molar-refractivity contribution in [3.8, 4) is 0 Å². The van der Waals surface area contributed by atoms with Crippen molar-refractivity contribution >= 4 is 29.0 Å². The lowest BCUT2D eigenvalue weighted by atomic mass is 10.2.